The molecule has 2 nitrogen and oxygen atoms in total. The van der Waals surface area contributed by atoms with Gasteiger partial charge in [0.1, 0.15) is 0 Å². The van der Waals surface area contributed by atoms with E-state index in [4.69, 9.17) is 9.97 Å². The Morgan fingerprint density at radius 3 is 1.56 bits per heavy atom. The first kappa shape index (κ1) is 34.8. The van der Waals surface area contributed by atoms with Gasteiger partial charge in [0.2, 0.25) is 0 Å². The molecule has 1 aromatic heterocycles. The van der Waals surface area contributed by atoms with Crippen LogP contribution < -0.4 is 0 Å². The van der Waals surface area contributed by atoms with Crippen LogP contribution in [0.3, 0.4) is 0 Å². The van der Waals surface area contributed by atoms with Crippen molar-refractivity contribution in [3.8, 4) is 78.4 Å². The van der Waals surface area contributed by atoms with Crippen molar-refractivity contribution in [2.24, 2.45) is 0 Å². The normalized spacial score (nSPS) is 12.7. The molecule has 0 aliphatic heterocycles. The summed E-state index contributed by atoms with van der Waals surface area (Å²) in [6.07, 6.45) is 0. The molecule has 0 atom stereocenters. The van der Waals surface area contributed by atoms with E-state index in [1.165, 1.54) is 66.2 Å². The van der Waals surface area contributed by atoms with Crippen molar-refractivity contribution in [1.29, 1.82) is 0 Å². The van der Waals surface area contributed by atoms with Gasteiger partial charge in [-0.25, -0.2) is 9.97 Å². The van der Waals surface area contributed by atoms with Crippen LogP contribution in [0, 0.1) is 0 Å². The van der Waals surface area contributed by atoms with Gasteiger partial charge in [-0.05, 0) is 120 Å². The fourth-order valence-electron chi connectivity index (χ4n) is 9.19. The second kappa shape index (κ2) is 13.9. The smallest absolute Gasteiger partial charge is 0.161 e. The van der Waals surface area contributed by atoms with Crippen LogP contribution in [0.1, 0.15) is 25.0 Å². The molecule has 0 amide bonds. The third kappa shape index (κ3) is 6.04. The van der Waals surface area contributed by atoms with Crippen molar-refractivity contribution >= 4 is 21.5 Å². The maximum absolute atomic E-state index is 5.30. The van der Waals surface area contributed by atoms with Crippen molar-refractivity contribution in [2.45, 2.75) is 19.3 Å². The van der Waals surface area contributed by atoms with Crippen molar-refractivity contribution in [3.63, 3.8) is 0 Å². The third-order valence-corrected chi connectivity index (χ3v) is 12.3. The Bertz CT molecular complexity index is 3230. The summed E-state index contributed by atoms with van der Waals surface area (Å²) in [4.78, 5) is 10.5. The van der Waals surface area contributed by atoms with Gasteiger partial charge in [-0.1, -0.05) is 178 Å². The van der Waals surface area contributed by atoms with E-state index in [1.807, 2.05) is 6.07 Å². The summed E-state index contributed by atoms with van der Waals surface area (Å²) in [6, 6.07) is 74.4. The summed E-state index contributed by atoms with van der Waals surface area (Å²) in [6.45, 7) is 4.71. The first-order valence-corrected chi connectivity index (χ1v) is 20.4. The lowest BCUT2D eigenvalue weighted by atomic mass is 9.81. The van der Waals surface area contributed by atoms with Gasteiger partial charge in [-0.3, -0.25) is 0 Å². The molecule has 1 aliphatic rings. The highest BCUT2D eigenvalue weighted by Crippen LogP contribution is 2.51. The second-order valence-electron chi connectivity index (χ2n) is 16.2. The maximum atomic E-state index is 5.30. The van der Waals surface area contributed by atoms with Gasteiger partial charge in [-0.15, -0.1) is 0 Å². The van der Waals surface area contributed by atoms with E-state index < -0.39 is 0 Å². The number of hydrogen-bond acceptors (Lipinski definition) is 2. The van der Waals surface area contributed by atoms with E-state index >= 15 is 0 Å². The quantitative estimate of drug-likeness (QED) is 0.169. The molecule has 0 bridgehead atoms. The monoisotopic (exact) mass is 752 g/mol. The first-order valence-electron chi connectivity index (χ1n) is 20.4. The Kier molecular flexibility index (Phi) is 8.20. The molecule has 0 radical (unpaired) electrons. The van der Waals surface area contributed by atoms with E-state index in [0.29, 0.717) is 5.82 Å². The minimum atomic E-state index is -0.0625. The largest absolute Gasteiger partial charge is 0.228 e. The molecule has 278 valence electrons. The number of aromatic nitrogens is 2. The molecule has 10 aromatic rings. The van der Waals surface area contributed by atoms with Crippen molar-refractivity contribution in [3.05, 3.63) is 217 Å². The molecule has 0 spiro atoms. The van der Waals surface area contributed by atoms with Crippen LogP contribution >= 0.6 is 0 Å². The fraction of sp³-hybridized carbons (Fsp3) is 0.0526. The van der Waals surface area contributed by atoms with Crippen LogP contribution in [-0.4, -0.2) is 9.97 Å². The number of nitrogens with zero attached hydrogens (tertiary/aromatic N) is 2. The minimum Gasteiger partial charge on any atom is -0.228 e. The molecule has 1 heterocycles. The topological polar surface area (TPSA) is 25.8 Å². The lowest BCUT2D eigenvalue weighted by molar-refractivity contribution is 0.661. The molecular formula is C57H40N2. The number of benzene rings is 9. The van der Waals surface area contributed by atoms with Crippen LogP contribution in [0.15, 0.2) is 206 Å². The van der Waals surface area contributed by atoms with Crippen molar-refractivity contribution in [2.75, 3.05) is 0 Å². The van der Waals surface area contributed by atoms with Gasteiger partial charge < -0.3 is 0 Å². The van der Waals surface area contributed by atoms with Gasteiger partial charge in [-0.2, -0.15) is 0 Å². The molecule has 2 heteroatoms. The van der Waals surface area contributed by atoms with Crippen LogP contribution in [0.5, 0.6) is 0 Å². The Labute approximate surface area is 345 Å². The molecular weight excluding hydrogens is 713 g/mol. The average molecular weight is 753 g/mol. The summed E-state index contributed by atoms with van der Waals surface area (Å²) in [5.74, 6) is 0.706. The van der Waals surface area contributed by atoms with Gasteiger partial charge in [0.05, 0.1) is 11.4 Å². The Morgan fingerprint density at radius 2 is 0.814 bits per heavy atom. The lowest BCUT2D eigenvalue weighted by Crippen LogP contribution is -2.14. The SMILES string of the molecule is CC1(C)c2ccc(-c3cccc(-c4ccc(-c5nc(-c6ccccc6)cc(-c6cccc(-c7ccccc7)c6)n5)c5ccccc45)c3)cc2-c2cc3ccccc3cc21. The molecule has 1 aliphatic carbocycles. The Balaban J connectivity index is 1.01. The van der Waals surface area contributed by atoms with Crippen LogP contribution in [-0.2, 0) is 5.41 Å². The molecule has 11 rings (SSSR count). The molecule has 9 aromatic carbocycles. The van der Waals surface area contributed by atoms with Gasteiger partial charge in [0.25, 0.3) is 0 Å². The van der Waals surface area contributed by atoms with Crippen LogP contribution in [0.25, 0.3) is 100.0 Å². The number of rotatable bonds is 6. The van der Waals surface area contributed by atoms with Gasteiger partial charge in [0.15, 0.2) is 5.82 Å². The highest BCUT2D eigenvalue weighted by molar-refractivity contribution is 6.05. The molecule has 0 saturated carbocycles. The fourth-order valence-corrected chi connectivity index (χ4v) is 9.19. The van der Waals surface area contributed by atoms with Gasteiger partial charge >= 0.3 is 0 Å². The Hall–Kier alpha value is -7.42. The van der Waals surface area contributed by atoms with E-state index in [9.17, 15) is 0 Å². The first-order chi connectivity index (χ1) is 29.0. The standard InChI is InChI=1S/C57H40N2/c1-57(2)52-30-27-43(34-50(52)51-33-41-19-9-10-20-42(41)35-53(51)57)40-22-13-23-44(31-40)46-28-29-49(48-26-12-11-25-47(46)48)56-58-54(38-17-7-4-8-18-38)36-55(59-56)45-24-14-21-39(32-45)37-15-5-3-6-16-37/h3-36H,1-2H3. The third-order valence-electron chi connectivity index (χ3n) is 12.3. The molecule has 0 N–H and O–H groups in total. The molecule has 59 heavy (non-hydrogen) atoms. The minimum absolute atomic E-state index is 0.0625. The summed E-state index contributed by atoms with van der Waals surface area (Å²) < 4.78 is 0. The maximum Gasteiger partial charge on any atom is 0.161 e. The highest BCUT2D eigenvalue weighted by Gasteiger charge is 2.35. The summed E-state index contributed by atoms with van der Waals surface area (Å²) in [5, 5.41) is 4.86. The molecule has 0 saturated heterocycles. The Morgan fingerprint density at radius 1 is 0.305 bits per heavy atom. The summed E-state index contributed by atoms with van der Waals surface area (Å²) >= 11 is 0. The van der Waals surface area contributed by atoms with Crippen LogP contribution in [0.2, 0.25) is 0 Å². The zero-order valence-electron chi connectivity index (χ0n) is 33.0. The van der Waals surface area contributed by atoms with Crippen LogP contribution in [0.4, 0.5) is 0 Å². The second-order valence-corrected chi connectivity index (χ2v) is 16.2. The van der Waals surface area contributed by atoms with Crippen molar-refractivity contribution in [1.82, 2.24) is 9.97 Å². The highest BCUT2D eigenvalue weighted by atomic mass is 14.9. The number of hydrogen-bond donors (Lipinski definition) is 0. The van der Waals surface area contributed by atoms with E-state index in [-0.39, 0.29) is 5.41 Å². The summed E-state index contributed by atoms with van der Waals surface area (Å²) in [7, 11) is 0. The van der Waals surface area contributed by atoms with E-state index in [2.05, 4.69) is 214 Å². The average Bonchev–Trinajstić information content (AvgIpc) is 3.52. The molecule has 0 fully saturated rings. The predicted molar refractivity (Wildman–Crippen MR) is 247 cm³/mol. The number of fused-ring (bicyclic) bond motifs is 5. The predicted octanol–water partition coefficient (Wildman–Crippen LogP) is 15.1. The van der Waals surface area contributed by atoms with E-state index in [0.717, 1.165) is 39.0 Å². The lowest BCUT2D eigenvalue weighted by Gasteiger charge is -2.22. The zero-order chi connectivity index (χ0) is 39.5. The summed E-state index contributed by atoms with van der Waals surface area (Å²) in [5.41, 5.74) is 17.4. The van der Waals surface area contributed by atoms with E-state index in [1.54, 1.807) is 0 Å². The van der Waals surface area contributed by atoms with Gasteiger partial charge in [0, 0.05) is 22.1 Å². The zero-order valence-corrected chi connectivity index (χ0v) is 33.0. The van der Waals surface area contributed by atoms with Crippen molar-refractivity contribution < 1.29 is 0 Å². The molecule has 0 unspecified atom stereocenters.